The second kappa shape index (κ2) is 5.68. The lowest BCUT2D eigenvalue weighted by atomic mass is 10.2. The Kier molecular flexibility index (Phi) is 3.98. The summed E-state index contributed by atoms with van der Waals surface area (Å²) in [6.07, 6.45) is 1.91. The predicted molar refractivity (Wildman–Crippen MR) is 63.8 cm³/mol. The molecule has 1 heterocycles. The molecule has 1 aromatic carbocycles. The molecule has 1 unspecified atom stereocenters. The first-order valence-electron chi connectivity index (χ1n) is 5.82. The lowest BCUT2D eigenvalue weighted by Crippen LogP contribution is -2.32. The molecule has 4 heteroatoms. The first kappa shape index (κ1) is 11.9. The number of hydrogen-bond donors (Lipinski definition) is 1. The van der Waals surface area contributed by atoms with Crippen LogP contribution in [0.15, 0.2) is 24.3 Å². The molecule has 0 saturated carbocycles. The van der Waals surface area contributed by atoms with Gasteiger partial charge in [0.25, 0.3) is 0 Å². The van der Waals surface area contributed by atoms with E-state index in [-0.39, 0.29) is 12.0 Å². The van der Waals surface area contributed by atoms with Crippen LogP contribution in [0.1, 0.15) is 18.4 Å². The Bertz CT molecular complexity index is 386. The molecule has 0 amide bonds. The lowest BCUT2D eigenvalue weighted by Gasteiger charge is -2.10. The molecule has 0 bridgehead atoms. The fourth-order valence-electron chi connectivity index (χ4n) is 1.90. The van der Waals surface area contributed by atoms with Gasteiger partial charge in [-0.05, 0) is 37.1 Å². The van der Waals surface area contributed by atoms with E-state index in [0.717, 1.165) is 30.7 Å². The topological polar surface area (TPSA) is 47.6 Å². The molecule has 0 radical (unpaired) electrons. The number of carbonyl (C=O) groups is 1. The van der Waals surface area contributed by atoms with E-state index >= 15 is 0 Å². The maximum atomic E-state index is 11.7. The van der Waals surface area contributed by atoms with E-state index < -0.39 is 0 Å². The van der Waals surface area contributed by atoms with E-state index in [2.05, 4.69) is 5.32 Å². The van der Waals surface area contributed by atoms with Gasteiger partial charge in [0.15, 0.2) is 0 Å². The smallest absolute Gasteiger partial charge is 0.323 e. The maximum absolute atomic E-state index is 11.7. The summed E-state index contributed by atoms with van der Waals surface area (Å²) in [5.74, 6) is 0.614. The van der Waals surface area contributed by atoms with Gasteiger partial charge in [-0.25, -0.2) is 0 Å². The van der Waals surface area contributed by atoms with Crippen LogP contribution in [0.2, 0.25) is 0 Å². The van der Waals surface area contributed by atoms with Crippen LogP contribution in [0.5, 0.6) is 5.75 Å². The minimum atomic E-state index is -0.162. The van der Waals surface area contributed by atoms with Gasteiger partial charge in [0.05, 0.1) is 7.11 Å². The van der Waals surface area contributed by atoms with Gasteiger partial charge in [0, 0.05) is 0 Å². The predicted octanol–water partition coefficient (Wildman–Crippen LogP) is 1.49. The fraction of sp³-hybridized carbons (Fsp3) is 0.462. The summed E-state index contributed by atoms with van der Waals surface area (Å²) in [6.45, 7) is 1.20. The Labute approximate surface area is 101 Å². The van der Waals surface area contributed by atoms with Gasteiger partial charge in [-0.1, -0.05) is 12.1 Å². The van der Waals surface area contributed by atoms with Gasteiger partial charge in [0.2, 0.25) is 0 Å². The van der Waals surface area contributed by atoms with Gasteiger partial charge in [-0.2, -0.15) is 0 Å². The molecule has 1 aromatic rings. The highest BCUT2D eigenvalue weighted by Crippen LogP contribution is 2.14. The van der Waals surface area contributed by atoms with E-state index in [1.807, 2.05) is 24.3 Å². The van der Waals surface area contributed by atoms with E-state index in [1.165, 1.54) is 0 Å². The second-order valence-corrected chi connectivity index (χ2v) is 4.11. The van der Waals surface area contributed by atoms with E-state index in [1.54, 1.807) is 7.11 Å². The Hall–Kier alpha value is -1.55. The van der Waals surface area contributed by atoms with Crippen molar-refractivity contribution in [3.05, 3.63) is 29.8 Å². The standard InChI is InChI=1S/C13H17NO3/c1-16-11-5-2-4-10(8-11)9-17-13(15)12-6-3-7-14-12/h2,4-5,8,12,14H,3,6-7,9H2,1H3. The first-order valence-corrected chi connectivity index (χ1v) is 5.82. The van der Waals surface area contributed by atoms with Crippen LogP contribution < -0.4 is 10.1 Å². The Morgan fingerprint density at radius 1 is 1.53 bits per heavy atom. The minimum absolute atomic E-state index is 0.124. The highest BCUT2D eigenvalue weighted by Gasteiger charge is 2.23. The molecule has 4 nitrogen and oxygen atoms in total. The van der Waals surface area contributed by atoms with Crippen molar-refractivity contribution < 1.29 is 14.3 Å². The van der Waals surface area contributed by atoms with Crippen molar-refractivity contribution in [1.29, 1.82) is 0 Å². The number of rotatable bonds is 4. The summed E-state index contributed by atoms with van der Waals surface area (Å²) in [6, 6.07) is 7.41. The number of esters is 1. The summed E-state index contributed by atoms with van der Waals surface area (Å²) in [5.41, 5.74) is 0.940. The molecule has 0 aliphatic carbocycles. The van der Waals surface area contributed by atoms with Crippen LogP contribution in [0.3, 0.4) is 0 Å². The van der Waals surface area contributed by atoms with Crippen LogP contribution in [-0.4, -0.2) is 25.7 Å². The first-order chi connectivity index (χ1) is 8.29. The molecule has 1 fully saturated rings. The monoisotopic (exact) mass is 235 g/mol. The summed E-state index contributed by atoms with van der Waals surface area (Å²) < 4.78 is 10.4. The van der Waals surface area contributed by atoms with Gasteiger partial charge in [0.1, 0.15) is 18.4 Å². The average molecular weight is 235 g/mol. The number of ether oxygens (including phenoxy) is 2. The van der Waals surface area contributed by atoms with Gasteiger partial charge in [-0.3, -0.25) is 4.79 Å². The van der Waals surface area contributed by atoms with Crippen molar-refractivity contribution in [2.75, 3.05) is 13.7 Å². The van der Waals surface area contributed by atoms with Crippen LogP contribution in [0.4, 0.5) is 0 Å². The average Bonchev–Trinajstić information content (AvgIpc) is 2.90. The highest BCUT2D eigenvalue weighted by atomic mass is 16.5. The Morgan fingerprint density at radius 2 is 2.41 bits per heavy atom. The molecule has 17 heavy (non-hydrogen) atoms. The van der Waals surface area contributed by atoms with Gasteiger partial charge in [-0.15, -0.1) is 0 Å². The Morgan fingerprint density at radius 3 is 3.12 bits per heavy atom. The van der Waals surface area contributed by atoms with Crippen molar-refractivity contribution in [2.24, 2.45) is 0 Å². The Balaban J connectivity index is 1.86. The number of nitrogens with one attached hydrogen (secondary N) is 1. The van der Waals surface area contributed by atoms with E-state index in [0.29, 0.717) is 6.61 Å². The van der Waals surface area contributed by atoms with Crippen LogP contribution in [0, 0.1) is 0 Å². The fourth-order valence-corrected chi connectivity index (χ4v) is 1.90. The summed E-state index contributed by atoms with van der Waals surface area (Å²) in [5, 5.41) is 3.12. The zero-order chi connectivity index (χ0) is 12.1. The minimum Gasteiger partial charge on any atom is -0.497 e. The number of methoxy groups -OCH3 is 1. The molecule has 0 spiro atoms. The third kappa shape index (κ3) is 3.20. The highest BCUT2D eigenvalue weighted by molar-refractivity contribution is 5.76. The molecule has 1 aliphatic heterocycles. The number of hydrogen-bond acceptors (Lipinski definition) is 4. The number of carbonyl (C=O) groups excluding carboxylic acids is 1. The maximum Gasteiger partial charge on any atom is 0.323 e. The summed E-state index contributed by atoms with van der Waals surface area (Å²) >= 11 is 0. The molecular weight excluding hydrogens is 218 g/mol. The lowest BCUT2D eigenvalue weighted by molar-refractivity contribution is -0.147. The molecule has 2 rings (SSSR count). The second-order valence-electron chi connectivity index (χ2n) is 4.11. The quantitative estimate of drug-likeness (QED) is 0.803. The SMILES string of the molecule is COc1cccc(COC(=O)C2CCCN2)c1. The molecule has 1 atom stereocenters. The van der Waals surface area contributed by atoms with Crippen LogP contribution in [-0.2, 0) is 16.1 Å². The molecular formula is C13H17NO3. The van der Waals surface area contributed by atoms with Crippen molar-refractivity contribution >= 4 is 5.97 Å². The van der Waals surface area contributed by atoms with E-state index in [4.69, 9.17) is 9.47 Å². The third-order valence-electron chi connectivity index (χ3n) is 2.86. The van der Waals surface area contributed by atoms with Gasteiger partial charge < -0.3 is 14.8 Å². The van der Waals surface area contributed by atoms with E-state index in [9.17, 15) is 4.79 Å². The largest absolute Gasteiger partial charge is 0.497 e. The molecule has 1 N–H and O–H groups in total. The zero-order valence-corrected chi connectivity index (χ0v) is 9.94. The van der Waals surface area contributed by atoms with Crippen molar-refractivity contribution in [2.45, 2.75) is 25.5 Å². The van der Waals surface area contributed by atoms with Gasteiger partial charge >= 0.3 is 5.97 Å². The van der Waals surface area contributed by atoms with Crippen molar-refractivity contribution in [3.8, 4) is 5.75 Å². The molecule has 1 aliphatic rings. The zero-order valence-electron chi connectivity index (χ0n) is 9.94. The van der Waals surface area contributed by atoms with Crippen molar-refractivity contribution in [1.82, 2.24) is 5.32 Å². The molecule has 0 aromatic heterocycles. The number of benzene rings is 1. The summed E-state index contributed by atoms with van der Waals surface area (Å²) in [4.78, 5) is 11.7. The molecule has 1 saturated heterocycles. The third-order valence-corrected chi connectivity index (χ3v) is 2.86. The van der Waals surface area contributed by atoms with Crippen LogP contribution >= 0.6 is 0 Å². The van der Waals surface area contributed by atoms with Crippen molar-refractivity contribution in [3.63, 3.8) is 0 Å². The summed E-state index contributed by atoms with van der Waals surface area (Å²) in [7, 11) is 1.62. The normalized spacial score (nSPS) is 19.0. The molecule has 92 valence electrons. The van der Waals surface area contributed by atoms with Crippen LogP contribution in [0.25, 0.3) is 0 Å².